The van der Waals surface area contributed by atoms with Crippen molar-refractivity contribution in [1.82, 2.24) is 0 Å². The lowest BCUT2D eigenvalue weighted by molar-refractivity contribution is -0.274. The van der Waals surface area contributed by atoms with Gasteiger partial charge in [0.15, 0.2) is 0 Å². The molecular weight excluding hydrogens is 326 g/mol. The van der Waals surface area contributed by atoms with E-state index in [4.69, 9.17) is 23.2 Å². The molecule has 0 aromatic heterocycles. The van der Waals surface area contributed by atoms with Crippen molar-refractivity contribution in [3.05, 3.63) is 58.1 Å². The second-order valence-electron chi connectivity index (χ2n) is 3.94. The third kappa shape index (κ3) is 4.65. The number of alkyl halides is 3. The molecule has 21 heavy (non-hydrogen) atoms. The van der Waals surface area contributed by atoms with Crippen LogP contribution in [-0.4, -0.2) is 12.6 Å². The van der Waals surface area contributed by atoms with E-state index in [-0.39, 0.29) is 5.75 Å². The van der Waals surface area contributed by atoms with Crippen molar-refractivity contribution in [2.24, 2.45) is 4.99 Å². The molecule has 7 heteroatoms. The minimum atomic E-state index is -4.71. The number of ether oxygens (including phenoxy) is 1. The maximum atomic E-state index is 12.0. The Labute approximate surface area is 128 Å². The summed E-state index contributed by atoms with van der Waals surface area (Å²) >= 11 is 11.9. The van der Waals surface area contributed by atoms with Gasteiger partial charge in [-0.1, -0.05) is 35.3 Å². The number of hydrogen-bond acceptors (Lipinski definition) is 2. The zero-order chi connectivity index (χ0) is 15.5. The summed E-state index contributed by atoms with van der Waals surface area (Å²) in [4.78, 5) is 4.11. The van der Waals surface area contributed by atoms with Crippen molar-refractivity contribution in [3.8, 4) is 5.75 Å². The third-order valence-electron chi connectivity index (χ3n) is 2.40. The Balaban J connectivity index is 2.13. The van der Waals surface area contributed by atoms with Crippen LogP contribution in [0.1, 0.15) is 5.56 Å². The summed E-state index contributed by atoms with van der Waals surface area (Å²) in [6.07, 6.45) is -3.23. The topological polar surface area (TPSA) is 21.6 Å². The smallest absolute Gasteiger partial charge is 0.406 e. The standard InChI is InChI=1S/C14H8Cl2F3NO/c15-12-3-1-2-9(13(12)16)8-20-10-4-6-11(7-5-10)21-14(17,18)19/h1-8H. The summed E-state index contributed by atoms with van der Waals surface area (Å²) in [6.45, 7) is 0. The summed E-state index contributed by atoms with van der Waals surface area (Å²) in [5, 5.41) is 0.759. The van der Waals surface area contributed by atoms with Crippen LogP contribution in [0.4, 0.5) is 18.9 Å². The molecule has 110 valence electrons. The van der Waals surface area contributed by atoms with Crippen LogP contribution < -0.4 is 4.74 Å². The number of benzene rings is 2. The van der Waals surface area contributed by atoms with E-state index in [2.05, 4.69) is 9.73 Å². The second-order valence-corrected chi connectivity index (χ2v) is 4.73. The summed E-state index contributed by atoms with van der Waals surface area (Å²) in [5.41, 5.74) is 1.07. The summed E-state index contributed by atoms with van der Waals surface area (Å²) in [7, 11) is 0. The molecule has 0 fully saturated rings. The first-order chi connectivity index (χ1) is 9.85. The number of hydrogen-bond donors (Lipinski definition) is 0. The number of aliphatic imine (C=N–C) groups is 1. The van der Waals surface area contributed by atoms with Gasteiger partial charge in [-0.2, -0.15) is 0 Å². The third-order valence-corrected chi connectivity index (χ3v) is 3.24. The Bertz CT molecular complexity index is 654. The fourth-order valence-corrected chi connectivity index (χ4v) is 1.85. The highest BCUT2D eigenvalue weighted by molar-refractivity contribution is 6.43. The Hall–Kier alpha value is -1.72. The van der Waals surface area contributed by atoms with Gasteiger partial charge < -0.3 is 4.74 Å². The monoisotopic (exact) mass is 333 g/mol. The quantitative estimate of drug-likeness (QED) is 0.666. The van der Waals surface area contributed by atoms with Crippen LogP contribution in [0, 0.1) is 0 Å². The van der Waals surface area contributed by atoms with E-state index in [1.54, 1.807) is 18.2 Å². The summed E-state index contributed by atoms with van der Waals surface area (Å²) in [6, 6.07) is 10.2. The van der Waals surface area contributed by atoms with Gasteiger partial charge in [0.25, 0.3) is 0 Å². The molecular formula is C14H8Cl2F3NO. The highest BCUT2D eigenvalue weighted by Gasteiger charge is 2.30. The fraction of sp³-hybridized carbons (Fsp3) is 0.0714. The Morgan fingerprint density at radius 1 is 1.00 bits per heavy atom. The molecule has 2 aromatic rings. The molecule has 0 unspecified atom stereocenters. The molecule has 0 spiro atoms. The molecule has 0 aliphatic carbocycles. The molecule has 2 rings (SSSR count). The van der Waals surface area contributed by atoms with Gasteiger partial charge in [-0.05, 0) is 30.3 Å². The van der Waals surface area contributed by atoms with Crippen molar-refractivity contribution in [1.29, 1.82) is 0 Å². The number of halogens is 5. The molecule has 0 atom stereocenters. The average molecular weight is 334 g/mol. The molecule has 0 N–H and O–H groups in total. The molecule has 0 heterocycles. The van der Waals surface area contributed by atoms with Crippen molar-refractivity contribution < 1.29 is 17.9 Å². The second kappa shape index (κ2) is 6.37. The molecule has 0 aliphatic heterocycles. The van der Waals surface area contributed by atoms with Crippen LogP contribution in [0.2, 0.25) is 10.0 Å². The maximum Gasteiger partial charge on any atom is 0.573 e. The molecule has 2 nitrogen and oxygen atoms in total. The van der Waals surface area contributed by atoms with Crippen LogP contribution in [0.15, 0.2) is 47.5 Å². The van der Waals surface area contributed by atoms with E-state index in [0.717, 1.165) is 0 Å². The first-order valence-corrected chi connectivity index (χ1v) is 6.44. The van der Waals surface area contributed by atoms with E-state index < -0.39 is 6.36 Å². The Morgan fingerprint density at radius 2 is 1.67 bits per heavy atom. The van der Waals surface area contributed by atoms with Gasteiger partial charge in [0.05, 0.1) is 15.7 Å². The predicted octanol–water partition coefficient (Wildman–Crippen LogP) is 5.64. The molecule has 0 bridgehead atoms. The van der Waals surface area contributed by atoms with E-state index in [9.17, 15) is 13.2 Å². The number of rotatable bonds is 3. The maximum absolute atomic E-state index is 12.0. The van der Waals surface area contributed by atoms with Gasteiger partial charge in [0.1, 0.15) is 5.75 Å². The van der Waals surface area contributed by atoms with Crippen molar-refractivity contribution in [2.45, 2.75) is 6.36 Å². The van der Waals surface area contributed by atoms with Crippen LogP contribution in [-0.2, 0) is 0 Å². The molecule has 0 saturated heterocycles. The van der Waals surface area contributed by atoms with E-state index in [0.29, 0.717) is 21.3 Å². The van der Waals surface area contributed by atoms with Crippen LogP contribution in [0.5, 0.6) is 5.75 Å². The average Bonchev–Trinajstić information content (AvgIpc) is 2.40. The molecule has 0 radical (unpaired) electrons. The van der Waals surface area contributed by atoms with Crippen LogP contribution in [0.25, 0.3) is 0 Å². The summed E-state index contributed by atoms with van der Waals surface area (Å²) < 4.78 is 39.8. The minimum Gasteiger partial charge on any atom is -0.406 e. The van der Waals surface area contributed by atoms with Gasteiger partial charge in [-0.15, -0.1) is 13.2 Å². The predicted molar refractivity (Wildman–Crippen MR) is 76.8 cm³/mol. The highest BCUT2D eigenvalue weighted by atomic mass is 35.5. The van der Waals surface area contributed by atoms with Gasteiger partial charge in [0, 0.05) is 11.8 Å². The zero-order valence-electron chi connectivity index (χ0n) is 10.4. The SMILES string of the molecule is FC(F)(F)Oc1ccc(N=Cc2cccc(Cl)c2Cl)cc1. The van der Waals surface area contributed by atoms with Crippen molar-refractivity contribution in [3.63, 3.8) is 0 Å². The molecule has 2 aromatic carbocycles. The summed E-state index contributed by atoms with van der Waals surface area (Å²) in [5.74, 6) is -0.303. The first kappa shape index (κ1) is 15.7. The molecule has 0 aliphatic rings. The Morgan fingerprint density at radius 3 is 2.29 bits per heavy atom. The van der Waals surface area contributed by atoms with Crippen molar-refractivity contribution in [2.75, 3.05) is 0 Å². The van der Waals surface area contributed by atoms with E-state index in [1.807, 2.05) is 0 Å². The van der Waals surface area contributed by atoms with Crippen molar-refractivity contribution >= 4 is 35.1 Å². The Kier molecular flexibility index (Phi) is 4.75. The molecule has 0 amide bonds. The van der Waals surface area contributed by atoms with Gasteiger partial charge in [0.2, 0.25) is 0 Å². The molecule has 0 saturated carbocycles. The first-order valence-electron chi connectivity index (χ1n) is 5.69. The number of nitrogens with zero attached hydrogens (tertiary/aromatic N) is 1. The fourth-order valence-electron chi connectivity index (χ4n) is 1.50. The van der Waals surface area contributed by atoms with Gasteiger partial charge in [-0.25, -0.2) is 0 Å². The largest absolute Gasteiger partial charge is 0.573 e. The normalized spacial score (nSPS) is 11.9. The van der Waals surface area contributed by atoms with Crippen LogP contribution in [0.3, 0.4) is 0 Å². The van der Waals surface area contributed by atoms with E-state index >= 15 is 0 Å². The lowest BCUT2D eigenvalue weighted by Crippen LogP contribution is -2.16. The lowest BCUT2D eigenvalue weighted by atomic mass is 10.2. The zero-order valence-corrected chi connectivity index (χ0v) is 11.9. The van der Waals surface area contributed by atoms with Gasteiger partial charge >= 0.3 is 6.36 Å². The van der Waals surface area contributed by atoms with Gasteiger partial charge in [-0.3, -0.25) is 4.99 Å². The highest BCUT2D eigenvalue weighted by Crippen LogP contribution is 2.26. The van der Waals surface area contributed by atoms with E-state index in [1.165, 1.54) is 30.5 Å². The minimum absolute atomic E-state index is 0.303. The lowest BCUT2D eigenvalue weighted by Gasteiger charge is -2.08. The van der Waals surface area contributed by atoms with Crippen LogP contribution >= 0.6 is 23.2 Å².